The average molecular weight is 335 g/mol. The highest BCUT2D eigenvalue weighted by Crippen LogP contribution is 2.24. The van der Waals surface area contributed by atoms with Crippen molar-refractivity contribution in [2.24, 2.45) is 0 Å². The van der Waals surface area contributed by atoms with E-state index in [4.69, 9.17) is 23.2 Å². The van der Waals surface area contributed by atoms with Gasteiger partial charge in [-0.25, -0.2) is 13.4 Å². The van der Waals surface area contributed by atoms with Crippen LogP contribution in [0.4, 0.5) is 0 Å². The molecule has 0 atom stereocenters. The first kappa shape index (κ1) is 15.2. The van der Waals surface area contributed by atoms with Gasteiger partial charge in [-0.2, -0.15) is 9.40 Å². The largest absolute Gasteiger partial charge is 0.263 e. The third-order valence-electron chi connectivity index (χ3n) is 2.55. The molecule has 0 saturated carbocycles. The molecule has 1 heterocycles. The fourth-order valence-corrected chi connectivity index (χ4v) is 3.45. The summed E-state index contributed by atoms with van der Waals surface area (Å²) in [7, 11) is -2.26. The van der Waals surface area contributed by atoms with Gasteiger partial charge in [0, 0.05) is 17.1 Å². The molecule has 9 heteroatoms. The van der Waals surface area contributed by atoms with Crippen molar-refractivity contribution in [1.82, 2.24) is 19.5 Å². The smallest absolute Gasteiger partial charge is 0.243 e. The Morgan fingerprint density at radius 1 is 1.25 bits per heavy atom. The zero-order valence-corrected chi connectivity index (χ0v) is 13.1. The van der Waals surface area contributed by atoms with Gasteiger partial charge in [0.05, 0.1) is 11.4 Å². The number of rotatable bonds is 4. The van der Waals surface area contributed by atoms with Gasteiger partial charge >= 0.3 is 0 Å². The zero-order valence-electron chi connectivity index (χ0n) is 10.8. The second-order valence-corrected chi connectivity index (χ2v) is 7.12. The lowest BCUT2D eigenvalue weighted by Crippen LogP contribution is -2.27. The first-order valence-electron chi connectivity index (χ1n) is 5.59. The minimum absolute atomic E-state index is 0.0322. The number of nitrogens with zero attached hydrogens (tertiary/aromatic N) is 3. The van der Waals surface area contributed by atoms with Crippen molar-refractivity contribution in [3.8, 4) is 0 Å². The van der Waals surface area contributed by atoms with Crippen LogP contribution in [0.5, 0.6) is 0 Å². The van der Waals surface area contributed by atoms with E-state index in [0.29, 0.717) is 11.6 Å². The van der Waals surface area contributed by atoms with Gasteiger partial charge in [-0.05, 0) is 25.1 Å². The third kappa shape index (κ3) is 3.29. The van der Waals surface area contributed by atoms with E-state index in [1.54, 1.807) is 6.92 Å². The maximum atomic E-state index is 12.4. The third-order valence-corrected chi connectivity index (χ3v) is 4.77. The Bertz CT molecular complexity index is 710. The molecular formula is C11H12Cl2N4O2S. The molecule has 2 rings (SSSR count). The molecule has 1 aromatic heterocycles. The number of halogens is 2. The van der Waals surface area contributed by atoms with E-state index in [1.807, 2.05) is 0 Å². The van der Waals surface area contributed by atoms with Crippen molar-refractivity contribution in [1.29, 1.82) is 0 Å². The van der Waals surface area contributed by atoms with Gasteiger partial charge in [0.15, 0.2) is 5.82 Å². The standard InChI is InChI=1S/C11H12Cl2N4O2S/c1-7-14-11(16-15-7)6-17(2)20(18,19)10-4-8(12)3-9(13)5-10/h3-5H,6H2,1-2H3,(H,14,15,16). The van der Waals surface area contributed by atoms with Crippen molar-refractivity contribution >= 4 is 33.2 Å². The predicted molar refractivity (Wildman–Crippen MR) is 76.2 cm³/mol. The van der Waals surface area contributed by atoms with Crippen molar-refractivity contribution in [3.63, 3.8) is 0 Å². The molecule has 0 spiro atoms. The van der Waals surface area contributed by atoms with Gasteiger partial charge in [-0.15, -0.1) is 0 Å². The lowest BCUT2D eigenvalue weighted by Gasteiger charge is -2.15. The Kier molecular flexibility index (Phi) is 4.33. The number of nitrogens with one attached hydrogen (secondary N) is 1. The maximum absolute atomic E-state index is 12.4. The molecule has 0 aliphatic heterocycles. The number of aromatic amines is 1. The van der Waals surface area contributed by atoms with Gasteiger partial charge in [-0.1, -0.05) is 23.2 Å². The minimum Gasteiger partial charge on any atom is -0.263 e. The summed E-state index contributed by atoms with van der Waals surface area (Å²) in [5.74, 6) is 1.01. The molecule has 0 saturated heterocycles. The topological polar surface area (TPSA) is 79.0 Å². The maximum Gasteiger partial charge on any atom is 0.243 e. The number of aryl methyl sites for hydroxylation is 1. The monoisotopic (exact) mass is 334 g/mol. The van der Waals surface area contributed by atoms with Crippen molar-refractivity contribution in [3.05, 3.63) is 39.9 Å². The normalized spacial score (nSPS) is 12.1. The van der Waals surface area contributed by atoms with Gasteiger partial charge in [0.1, 0.15) is 5.82 Å². The van der Waals surface area contributed by atoms with Crippen LogP contribution in [-0.4, -0.2) is 35.0 Å². The molecule has 0 radical (unpaired) electrons. The molecular weight excluding hydrogens is 323 g/mol. The van der Waals surface area contributed by atoms with Crippen LogP contribution in [-0.2, 0) is 16.6 Å². The number of sulfonamides is 1. The summed E-state index contributed by atoms with van der Waals surface area (Å²) in [5.41, 5.74) is 0. The lowest BCUT2D eigenvalue weighted by atomic mass is 10.4. The second kappa shape index (κ2) is 5.69. The molecule has 0 unspecified atom stereocenters. The van der Waals surface area contributed by atoms with Crippen LogP contribution in [0.25, 0.3) is 0 Å². The highest BCUT2D eigenvalue weighted by Gasteiger charge is 2.23. The van der Waals surface area contributed by atoms with Gasteiger partial charge < -0.3 is 0 Å². The van der Waals surface area contributed by atoms with Crippen molar-refractivity contribution in [2.45, 2.75) is 18.4 Å². The number of H-pyrrole nitrogens is 1. The summed E-state index contributed by atoms with van der Waals surface area (Å²) in [4.78, 5) is 4.10. The second-order valence-electron chi connectivity index (χ2n) is 4.20. The molecule has 1 aromatic carbocycles. The van der Waals surface area contributed by atoms with Gasteiger partial charge in [-0.3, -0.25) is 5.10 Å². The Labute approximate surface area is 126 Å². The quantitative estimate of drug-likeness (QED) is 0.929. The molecule has 0 aliphatic carbocycles. The number of hydrogen-bond donors (Lipinski definition) is 1. The number of benzene rings is 1. The van der Waals surface area contributed by atoms with E-state index in [2.05, 4.69) is 15.2 Å². The number of hydrogen-bond acceptors (Lipinski definition) is 4. The van der Waals surface area contributed by atoms with Gasteiger partial charge in [0.25, 0.3) is 0 Å². The van der Waals surface area contributed by atoms with Crippen LogP contribution in [0.1, 0.15) is 11.6 Å². The van der Waals surface area contributed by atoms with Crippen LogP contribution in [0.2, 0.25) is 10.0 Å². The molecule has 108 valence electrons. The van der Waals surface area contributed by atoms with Crippen LogP contribution in [0, 0.1) is 6.92 Å². The molecule has 0 fully saturated rings. The first-order valence-corrected chi connectivity index (χ1v) is 7.79. The van der Waals surface area contributed by atoms with E-state index < -0.39 is 10.0 Å². The Hall–Kier alpha value is -1.15. The number of aromatic nitrogens is 3. The highest BCUT2D eigenvalue weighted by molar-refractivity contribution is 7.89. The van der Waals surface area contributed by atoms with Crippen molar-refractivity contribution < 1.29 is 8.42 Å². The average Bonchev–Trinajstić information content (AvgIpc) is 2.73. The van der Waals surface area contributed by atoms with E-state index >= 15 is 0 Å². The van der Waals surface area contributed by atoms with Crippen LogP contribution in [0.3, 0.4) is 0 Å². The fourth-order valence-electron chi connectivity index (χ4n) is 1.60. The van der Waals surface area contributed by atoms with Crippen LogP contribution in [0.15, 0.2) is 23.1 Å². The molecule has 0 bridgehead atoms. The SMILES string of the molecule is Cc1nc(CN(C)S(=O)(=O)c2cc(Cl)cc(Cl)c2)n[nH]1. The summed E-state index contributed by atoms with van der Waals surface area (Å²) in [5, 5.41) is 7.09. The highest BCUT2D eigenvalue weighted by atomic mass is 35.5. The Balaban J connectivity index is 2.29. The summed E-state index contributed by atoms with van der Waals surface area (Å²) in [6.07, 6.45) is 0. The summed E-state index contributed by atoms with van der Waals surface area (Å²) in [6, 6.07) is 4.17. The van der Waals surface area contributed by atoms with E-state index in [0.717, 1.165) is 4.31 Å². The molecule has 0 aliphatic rings. The molecule has 1 N–H and O–H groups in total. The fraction of sp³-hybridized carbons (Fsp3) is 0.273. The molecule has 0 amide bonds. The van der Waals surface area contributed by atoms with E-state index in [9.17, 15) is 8.42 Å². The Morgan fingerprint density at radius 3 is 2.35 bits per heavy atom. The summed E-state index contributed by atoms with van der Waals surface area (Å²) >= 11 is 11.7. The summed E-state index contributed by atoms with van der Waals surface area (Å²) in [6.45, 7) is 1.79. The molecule has 6 nitrogen and oxygen atoms in total. The first-order chi connectivity index (χ1) is 9.29. The Morgan fingerprint density at radius 2 is 1.85 bits per heavy atom. The van der Waals surface area contributed by atoms with Gasteiger partial charge in [0.2, 0.25) is 10.0 Å². The van der Waals surface area contributed by atoms with Crippen LogP contribution >= 0.6 is 23.2 Å². The van der Waals surface area contributed by atoms with E-state index in [-0.39, 0.29) is 21.5 Å². The minimum atomic E-state index is -3.70. The van der Waals surface area contributed by atoms with Crippen molar-refractivity contribution in [2.75, 3.05) is 7.05 Å². The summed E-state index contributed by atoms with van der Waals surface area (Å²) < 4.78 is 25.9. The lowest BCUT2D eigenvalue weighted by molar-refractivity contribution is 0.457. The van der Waals surface area contributed by atoms with E-state index in [1.165, 1.54) is 25.2 Å². The molecule has 20 heavy (non-hydrogen) atoms. The van der Waals surface area contributed by atoms with Crippen LogP contribution < -0.4 is 0 Å². The zero-order chi connectivity index (χ0) is 14.9. The predicted octanol–water partition coefficient (Wildman–Crippen LogP) is 2.24. The molecule has 2 aromatic rings.